The minimum atomic E-state index is -0.0122. The molecule has 2 N–H and O–H groups in total. The first kappa shape index (κ1) is 18.6. The molecule has 1 aromatic heterocycles. The Hall–Kier alpha value is -3.71. The average Bonchev–Trinajstić information content (AvgIpc) is 2.76. The summed E-state index contributed by atoms with van der Waals surface area (Å²) >= 11 is 0. The number of nitrogens with one attached hydrogen (secondary N) is 1. The zero-order valence-electron chi connectivity index (χ0n) is 15.7. The molecule has 0 atom stereocenters. The van der Waals surface area contributed by atoms with Crippen LogP contribution in [0.25, 0.3) is 0 Å². The van der Waals surface area contributed by atoms with E-state index in [1.165, 1.54) is 0 Å². The van der Waals surface area contributed by atoms with E-state index < -0.39 is 0 Å². The molecule has 146 valence electrons. The maximum Gasteiger partial charge on any atom is 0.330 e. The van der Waals surface area contributed by atoms with Crippen molar-refractivity contribution in [2.75, 3.05) is 5.32 Å². The molecule has 0 aliphatic heterocycles. The highest BCUT2D eigenvalue weighted by Gasteiger charge is 2.12. The van der Waals surface area contributed by atoms with E-state index in [4.69, 9.17) is 9.47 Å². The number of aliphatic hydroxyl groups is 1. The number of aromatic nitrogens is 3. The Balaban J connectivity index is 1.60. The van der Waals surface area contributed by atoms with Crippen LogP contribution in [0.1, 0.15) is 18.4 Å². The Kier molecular flexibility index (Phi) is 5.78. The number of rotatable bonds is 7. The van der Waals surface area contributed by atoms with Crippen molar-refractivity contribution >= 4 is 11.6 Å². The molecule has 29 heavy (non-hydrogen) atoms. The van der Waals surface area contributed by atoms with Crippen LogP contribution >= 0.6 is 0 Å². The van der Waals surface area contributed by atoms with Gasteiger partial charge in [-0.25, -0.2) is 0 Å². The lowest BCUT2D eigenvalue weighted by molar-refractivity contribution is 0.282. The van der Waals surface area contributed by atoms with Crippen LogP contribution in [0.4, 0.5) is 11.6 Å². The minimum absolute atomic E-state index is 0.0122. The summed E-state index contributed by atoms with van der Waals surface area (Å²) in [5.41, 5.74) is 1.58. The second kappa shape index (κ2) is 8.99. The van der Waals surface area contributed by atoms with Crippen molar-refractivity contribution in [1.29, 1.82) is 0 Å². The van der Waals surface area contributed by atoms with E-state index in [0.717, 1.165) is 24.1 Å². The number of nitrogens with zero attached hydrogens (tertiary/aromatic N) is 3. The molecule has 0 amide bonds. The molecule has 2 aromatic carbocycles. The van der Waals surface area contributed by atoms with Crippen molar-refractivity contribution in [3.8, 4) is 17.8 Å². The van der Waals surface area contributed by atoms with E-state index in [2.05, 4.69) is 20.3 Å². The first-order valence-electron chi connectivity index (χ1n) is 9.29. The quantitative estimate of drug-likeness (QED) is 0.615. The van der Waals surface area contributed by atoms with Crippen molar-refractivity contribution in [2.45, 2.75) is 19.4 Å². The van der Waals surface area contributed by atoms with E-state index >= 15 is 0 Å². The number of benzene rings is 2. The normalized spacial score (nSPS) is 12.9. The highest BCUT2D eigenvalue weighted by atomic mass is 16.5. The van der Waals surface area contributed by atoms with Crippen molar-refractivity contribution in [3.63, 3.8) is 0 Å². The highest BCUT2D eigenvalue weighted by Crippen LogP contribution is 2.24. The summed E-state index contributed by atoms with van der Waals surface area (Å²) in [6, 6.07) is 16.8. The van der Waals surface area contributed by atoms with Crippen LogP contribution in [-0.2, 0) is 6.61 Å². The second-order valence-electron chi connectivity index (χ2n) is 6.31. The predicted octanol–water partition coefficient (Wildman–Crippen LogP) is 4.51. The Morgan fingerprint density at radius 1 is 0.862 bits per heavy atom. The number of allylic oxidation sites excluding steroid dienone is 3. The zero-order valence-corrected chi connectivity index (χ0v) is 15.7. The molecule has 0 radical (unpaired) electrons. The minimum Gasteiger partial charge on any atom is -0.424 e. The molecule has 0 unspecified atom stereocenters. The molecule has 7 nitrogen and oxygen atoms in total. The summed E-state index contributed by atoms with van der Waals surface area (Å²) in [6.45, 7) is -0.0122. The molecule has 0 spiro atoms. The predicted molar refractivity (Wildman–Crippen MR) is 109 cm³/mol. The SMILES string of the molecule is OCc1ccc(Nc2nc(OC3=CCCC=C3)nc(Oc3ccccc3)n2)cc1. The molecule has 1 heterocycles. The van der Waals surface area contributed by atoms with Crippen molar-refractivity contribution in [3.05, 3.63) is 84.1 Å². The summed E-state index contributed by atoms with van der Waals surface area (Å²) in [7, 11) is 0. The molecule has 3 aromatic rings. The molecular weight excluding hydrogens is 368 g/mol. The van der Waals surface area contributed by atoms with Crippen LogP contribution in [0.2, 0.25) is 0 Å². The number of anilines is 2. The van der Waals surface area contributed by atoms with E-state index in [-0.39, 0.29) is 24.6 Å². The van der Waals surface area contributed by atoms with Crippen LogP contribution in [-0.4, -0.2) is 20.1 Å². The summed E-state index contributed by atoms with van der Waals surface area (Å²) < 4.78 is 11.6. The molecule has 7 heteroatoms. The van der Waals surface area contributed by atoms with Gasteiger partial charge in [0.15, 0.2) is 0 Å². The summed E-state index contributed by atoms with van der Waals surface area (Å²) in [5.74, 6) is 1.59. The fraction of sp³-hybridized carbons (Fsp3) is 0.136. The van der Waals surface area contributed by atoms with Gasteiger partial charge in [0.1, 0.15) is 11.5 Å². The van der Waals surface area contributed by atoms with E-state index in [1.807, 2.05) is 72.8 Å². The second-order valence-corrected chi connectivity index (χ2v) is 6.31. The van der Waals surface area contributed by atoms with Crippen molar-refractivity contribution < 1.29 is 14.6 Å². The topological polar surface area (TPSA) is 89.4 Å². The van der Waals surface area contributed by atoms with Crippen LogP contribution in [0.5, 0.6) is 17.8 Å². The number of aliphatic hydroxyl groups excluding tert-OH is 1. The average molecular weight is 388 g/mol. The maximum atomic E-state index is 9.19. The lowest BCUT2D eigenvalue weighted by atomic mass is 10.2. The maximum absolute atomic E-state index is 9.19. The summed E-state index contributed by atoms with van der Waals surface area (Å²) in [4.78, 5) is 13.0. The molecule has 1 aliphatic rings. The van der Waals surface area contributed by atoms with Gasteiger partial charge in [-0.15, -0.1) is 4.98 Å². The zero-order chi connectivity index (χ0) is 19.9. The number of para-hydroxylation sites is 1. The highest BCUT2D eigenvalue weighted by molar-refractivity contribution is 5.54. The molecule has 1 aliphatic carbocycles. The number of ether oxygens (including phenoxy) is 2. The van der Waals surface area contributed by atoms with Gasteiger partial charge in [-0.3, -0.25) is 0 Å². The first-order valence-corrected chi connectivity index (χ1v) is 9.29. The third-order valence-corrected chi connectivity index (χ3v) is 4.11. The monoisotopic (exact) mass is 388 g/mol. The van der Waals surface area contributed by atoms with Gasteiger partial charge in [0.05, 0.1) is 6.61 Å². The number of hydrogen-bond donors (Lipinski definition) is 2. The van der Waals surface area contributed by atoms with E-state index in [1.54, 1.807) is 0 Å². The van der Waals surface area contributed by atoms with Gasteiger partial charge in [0.25, 0.3) is 0 Å². The fourth-order valence-corrected chi connectivity index (χ4v) is 2.67. The lowest BCUT2D eigenvalue weighted by Crippen LogP contribution is -2.06. The Morgan fingerprint density at radius 2 is 1.62 bits per heavy atom. The first-order chi connectivity index (χ1) is 14.3. The van der Waals surface area contributed by atoms with Gasteiger partial charge < -0.3 is 19.9 Å². The number of hydrogen-bond acceptors (Lipinski definition) is 7. The molecule has 0 saturated carbocycles. The van der Waals surface area contributed by atoms with Crippen LogP contribution in [0, 0.1) is 0 Å². The van der Waals surface area contributed by atoms with Gasteiger partial charge >= 0.3 is 12.0 Å². The van der Waals surface area contributed by atoms with Crippen LogP contribution in [0.15, 0.2) is 78.6 Å². The standard InChI is InChI=1S/C22H20N4O3/c27-15-16-11-13-17(14-12-16)23-20-24-21(28-18-7-3-1-4-8-18)26-22(25-20)29-19-9-5-2-6-10-19/h1,3-5,7-14,27H,2,6,15H2,(H,23,24,25,26). The fourth-order valence-electron chi connectivity index (χ4n) is 2.67. The van der Waals surface area contributed by atoms with Crippen LogP contribution < -0.4 is 14.8 Å². The third-order valence-electron chi connectivity index (χ3n) is 4.11. The van der Waals surface area contributed by atoms with Gasteiger partial charge in [-0.2, -0.15) is 9.97 Å². The van der Waals surface area contributed by atoms with Gasteiger partial charge in [-0.05, 0) is 54.8 Å². The molecule has 0 saturated heterocycles. The third kappa shape index (κ3) is 5.18. The Labute approximate surface area is 168 Å². The lowest BCUT2D eigenvalue weighted by Gasteiger charge is -2.11. The van der Waals surface area contributed by atoms with Gasteiger partial charge in [0.2, 0.25) is 5.95 Å². The van der Waals surface area contributed by atoms with E-state index in [9.17, 15) is 5.11 Å². The van der Waals surface area contributed by atoms with Gasteiger partial charge in [0, 0.05) is 5.69 Å². The van der Waals surface area contributed by atoms with Crippen LogP contribution in [0.3, 0.4) is 0 Å². The summed E-state index contributed by atoms with van der Waals surface area (Å²) in [6.07, 6.45) is 7.82. The largest absolute Gasteiger partial charge is 0.424 e. The van der Waals surface area contributed by atoms with Crippen molar-refractivity contribution in [2.24, 2.45) is 0 Å². The molecule has 0 bridgehead atoms. The van der Waals surface area contributed by atoms with Gasteiger partial charge in [-0.1, -0.05) is 36.4 Å². The van der Waals surface area contributed by atoms with Crippen molar-refractivity contribution in [1.82, 2.24) is 15.0 Å². The molecule has 0 fully saturated rings. The Bertz CT molecular complexity index is 1020. The molecule has 4 rings (SSSR count). The summed E-state index contributed by atoms with van der Waals surface area (Å²) in [5, 5.41) is 12.3. The molecular formula is C22H20N4O3. The van der Waals surface area contributed by atoms with E-state index in [0.29, 0.717) is 11.5 Å². The smallest absolute Gasteiger partial charge is 0.330 e. The Morgan fingerprint density at radius 3 is 2.31 bits per heavy atom.